The number of ether oxygens (including phenoxy) is 1. The van der Waals surface area contributed by atoms with E-state index in [0.717, 1.165) is 57.9 Å². The van der Waals surface area contributed by atoms with Gasteiger partial charge in [-0.2, -0.15) is 26.3 Å². The van der Waals surface area contributed by atoms with Crippen LogP contribution in [0.25, 0.3) is 0 Å². The first kappa shape index (κ1) is 29.6. The van der Waals surface area contributed by atoms with E-state index in [2.05, 4.69) is 16.0 Å². The van der Waals surface area contributed by atoms with Crippen LogP contribution in [-0.4, -0.2) is 87.9 Å². The van der Waals surface area contributed by atoms with Crippen molar-refractivity contribution in [1.29, 1.82) is 0 Å². The number of aromatic nitrogens is 1. The molecule has 2 atom stereocenters. The molecular formula is C20H26F6N2O6. The zero-order chi connectivity index (χ0) is 25.9. The van der Waals surface area contributed by atoms with Gasteiger partial charge in [0, 0.05) is 44.7 Å². The minimum absolute atomic E-state index is 0.199. The Bertz CT molecular complexity index is 732. The summed E-state index contributed by atoms with van der Waals surface area (Å²) < 4.78 is 68.9. The van der Waals surface area contributed by atoms with Crippen molar-refractivity contribution in [2.24, 2.45) is 5.92 Å². The molecule has 2 fully saturated rings. The Hall–Kier alpha value is -2.45. The van der Waals surface area contributed by atoms with Gasteiger partial charge in [0.2, 0.25) is 0 Å². The van der Waals surface area contributed by atoms with E-state index < -0.39 is 24.3 Å². The van der Waals surface area contributed by atoms with Crippen LogP contribution in [0.3, 0.4) is 0 Å². The Morgan fingerprint density at radius 3 is 2.00 bits per heavy atom. The highest BCUT2D eigenvalue weighted by Crippen LogP contribution is 2.25. The van der Waals surface area contributed by atoms with Crippen LogP contribution < -0.4 is 0 Å². The van der Waals surface area contributed by atoms with Gasteiger partial charge in [-0.05, 0) is 43.2 Å². The van der Waals surface area contributed by atoms with Gasteiger partial charge in [0.05, 0.1) is 6.10 Å². The van der Waals surface area contributed by atoms with Gasteiger partial charge in [0.1, 0.15) is 0 Å². The van der Waals surface area contributed by atoms with Crippen LogP contribution in [-0.2, 0) is 20.7 Å². The van der Waals surface area contributed by atoms with Crippen LogP contribution in [0.15, 0.2) is 24.5 Å². The second-order valence-corrected chi connectivity index (χ2v) is 7.65. The molecule has 0 aromatic carbocycles. The minimum Gasteiger partial charge on any atom is -0.475 e. The maximum absolute atomic E-state index is 10.6. The number of carbonyl (C=O) groups is 2. The number of halogens is 6. The normalized spacial score (nSPS) is 21.6. The molecule has 34 heavy (non-hydrogen) atoms. The van der Waals surface area contributed by atoms with Gasteiger partial charge >= 0.3 is 24.3 Å². The molecule has 0 amide bonds. The van der Waals surface area contributed by atoms with Crippen molar-refractivity contribution >= 4 is 11.9 Å². The Morgan fingerprint density at radius 2 is 1.56 bits per heavy atom. The first-order valence-electron chi connectivity index (χ1n) is 10.2. The third-order valence-electron chi connectivity index (χ3n) is 5.11. The summed E-state index contributed by atoms with van der Waals surface area (Å²) in [5.41, 5.74) is 1.22. The fourth-order valence-electron chi connectivity index (χ4n) is 3.41. The summed E-state index contributed by atoms with van der Waals surface area (Å²) >= 11 is 0. The Labute approximate surface area is 191 Å². The highest BCUT2D eigenvalue weighted by Gasteiger charge is 2.39. The Balaban J connectivity index is 0.000000343. The van der Waals surface area contributed by atoms with Gasteiger partial charge in [-0.15, -0.1) is 0 Å². The number of rotatable bonds is 4. The van der Waals surface area contributed by atoms with E-state index in [0.29, 0.717) is 0 Å². The molecule has 0 bridgehead atoms. The molecule has 2 aliphatic heterocycles. The molecule has 0 spiro atoms. The number of aliphatic hydroxyl groups is 1. The van der Waals surface area contributed by atoms with Gasteiger partial charge in [-0.3, -0.25) is 9.88 Å². The molecule has 1 aromatic heterocycles. The topological polar surface area (TPSA) is 120 Å². The van der Waals surface area contributed by atoms with E-state index >= 15 is 0 Å². The minimum atomic E-state index is -5.08. The molecule has 14 heteroatoms. The highest BCUT2D eigenvalue weighted by atomic mass is 19.4. The maximum Gasteiger partial charge on any atom is 0.490 e. The van der Waals surface area contributed by atoms with Crippen molar-refractivity contribution in [3.05, 3.63) is 30.1 Å². The smallest absolute Gasteiger partial charge is 0.475 e. The molecular weight excluding hydrogens is 478 g/mol. The number of alkyl halides is 6. The largest absolute Gasteiger partial charge is 0.490 e. The number of pyridine rings is 1. The summed E-state index contributed by atoms with van der Waals surface area (Å²) in [5, 5.41) is 24.5. The molecule has 2 aliphatic rings. The lowest BCUT2D eigenvalue weighted by Crippen LogP contribution is -2.40. The fraction of sp³-hybridized carbons (Fsp3) is 0.650. The molecule has 0 saturated carbocycles. The summed E-state index contributed by atoms with van der Waals surface area (Å²) in [6, 6.07) is 4.33. The van der Waals surface area contributed by atoms with Crippen LogP contribution >= 0.6 is 0 Å². The first-order chi connectivity index (χ1) is 15.7. The summed E-state index contributed by atoms with van der Waals surface area (Å²) in [5.74, 6) is -4.79. The number of aliphatic hydroxyl groups excluding tert-OH is 1. The number of carboxylic acid groups (broad SMARTS) is 2. The average molecular weight is 504 g/mol. The first-order valence-corrected chi connectivity index (χ1v) is 10.2. The predicted octanol–water partition coefficient (Wildman–Crippen LogP) is 2.75. The lowest BCUT2D eigenvalue weighted by molar-refractivity contribution is -0.193. The Kier molecular flexibility index (Phi) is 11.7. The van der Waals surface area contributed by atoms with Crippen LogP contribution in [0.1, 0.15) is 24.8 Å². The molecule has 1 aromatic rings. The van der Waals surface area contributed by atoms with Gasteiger partial charge in [0.15, 0.2) is 0 Å². The second kappa shape index (κ2) is 13.4. The van der Waals surface area contributed by atoms with Crippen LogP contribution in [0.2, 0.25) is 0 Å². The highest BCUT2D eigenvalue weighted by molar-refractivity contribution is 5.73. The van der Waals surface area contributed by atoms with Gasteiger partial charge in [-0.1, -0.05) is 6.07 Å². The van der Waals surface area contributed by atoms with E-state index in [1.165, 1.54) is 5.56 Å². The van der Waals surface area contributed by atoms with Gasteiger partial charge < -0.3 is 20.1 Å². The van der Waals surface area contributed by atoms with Crippen LogP contribution in [0.5, 0.6) is 0 Å². The van der Waals surface area contributed by atoms with Gasteiger partial charge in [0.25, 0.3) is 0 Å². The van der Waals surface area contributed by atoms with Crippen molar-refractivity contribution in [3.63, 3.8) is 0 Å². The number of hydrogen-bond donors (Lipinski definition) is 3. The van der Waals surface area contributed by atoms with Crippen LogP contribution in [0, 0.1) is 5.92 Å². The van der Waals surface area contributed by atoms with Crippen molar-refractivity contribution in [1.82, 2.24) is 9.88 Å². The maximum atomic E-state index is 10.6. The molecule has 2 saturated heterocycles. The Morgan fingerprint density at radius 1 is 1.03 bits per heavy atom. The zero-order valence-electron chi connectivity index (χ0n) is 17.9. The summed E-state index contributed by atoms with van der Waals surface area (Å²) in [7, 11) is 0. The molecule has 8 nitrogen and oxygen atoms in total. The van der Waals surface area contributed by atoms with Crippen molar-refractivity contribution in [2.45, 2.75) is 50.2 Å². The molecule has 194 valence electrons. The number of nitrogens with zero attached hydrogens (tertiary/aromatic N) is 2. The molecule has 0 unspecified atom stereocenters. The number of hydrogen-bond acceptors (Lipinski definition) is 6. The van der Waals surface area contributed by atoms with E-state index in [4.69, 9.17) is 24.5 Å². The molecule has 3 rings (SSSR count). The summed E-state index contributed by atoms with van der Waals surface area (Å²) in [4.78, 5) is 24.4. The van der Waals surface area contributed by atoms with Gasteiger partial charge in [-0.25, -0.2) is 9.59 Å². The lowest BCUT2D eigenvalue weighted by atomic mass is 9.98. The molecule has 3 N–H and O–H groups in total. The molecule has 0 radical (unpaired) electrons. The SMILES string of the molecule is O=C(O)C(F)(F)F.O=C(O)C(F)(F)F.O[C@@H]1CCN(CC2CCOCC2)[C@H]1Cc1cccnc1. The number of carboxylic acids is 2. The average Bonchev–Trinajstić information content (AvgIpc) is 3.08. The third kappa shape index (κ3) is 11.1. The standard InChI is InChI=1S/C16H24N2O2.2C2HF3O2/c19-16-3-7-18(12-13-4-8-20-9-5-13)15(16)10-14-2-1-6-17-11-14;2*3-2(4,5)1(6)7/h1-2,6,11,13,15-16,19H,3-5,7-10,12H2;2*(H,6,7)/t15-,16+;;/m0../s1. The van der Waals surface area contributed by atoms with Crippen molar-refractivity contribution in [3.8, 4) is 0 Å². The second-order valence-electron chi connectivity index (χ2n) is 7.65. The van der Waals surface area contributed by atoms with Crippen LogP contribution in [0.4, 0.5) is 26.3 Å². The van der Waals surface area contributed by atoms with E-state index in [1.54, 1.807) is 6.20 Å². The molecule has 0 aliphatic carbocycles. The fourth-order valence-corrected chi connectivity index (χ4v) is 3.41. The summed E-state index contributed by atoms with van der Waals surface area (Å²) in [6.07, 6.45) is -2.54. The third-order valence-corrected chi connectivity index (χ3v) is 5.11. The predicted molar refractivity (Wildman–Crippen MR) is 105 cm³/mol. The molecule has 3 heterocycles. The van der Waals surface area contributed by atoms with E-state index in [9.17, 15) is 31.4 Å². The van der Waals surface area contributed by atoms with E-state index in [1.807, 2.05) is 12.3 Å². The van der Waals surface area contributed by atoms with E-state index in [-0.39, 0.29) is 12.1 Å². The monoisotopic (exact) mass is 504 g/mol. The summed E-state index contributed by atoms with van der Waals surface area (Å²) in [6.45, 7) is 3.91. The lowest BCUT2D eigenvalue weighted by Gasteiger charge is -2.31. The number of aliphatic carboxylic acids is 2. The van der Waals surface area contributed by atoms with Crippen molar-refractivity contribution in [2.75, 3.05) is 26.3 Å². The number of likely N-dealkylation sites (tertiary alicyclic amines) is 1. The quantitative estimate of drug-likeness (QED) is 0.536. The zero-order valence-corrected chi connectivity index (χ0v) is 17.9. The van der Waals surface area contributed by atoms with Crippen molar-refractivity contribution < 1.29 is 56.0 Å².